The molecule has 0 saturated carbocycles. The molecule has 0 spiro atoms. The third kappa shape index (κ3) is 5.88. The van der Waals surface area contributed by atoms with Crippen molar-refractivity contribution >= 4 is 27.5 Å². The summed E-state index contributed by atoms with van der Waals surface area (Å²) in [6, 6.07) is 7.57. The highest BCUT2D eigenvalue weighted by Crippen LogP contribution is 2.25. The zero-order valence-electron chi connectivity index (χ0n) is 15.5. The normalized spacial score (nSPS) is 15.5. The monoisotopic (exact) mass is 396 g/mol. The zero-order chi connectivity index (χ0) is 19.5. The molecule has 0 fully saturated rings. The average molecular weight is 397 g/mol. The van der Waals surface area contributed by atoms with Crippen molar-refractivity contribution in [2.45, 2.75) is 39.0 Å². The SMILES string of the molecule is CC(C)(C)c1ccc(C(=O)NCC2=C(Cl)C=C(NS(C)(=O)=O)CC2)cc1. The van der Waals surface area contributed by atoms with Crippen molar-refractivity contribution in [3.8, 4) is 0 Å². The largest absolute Gasteiger partial charge is 0.348 e. The highest BCUT2D eigenvalue weighted by atomic mass is 35.5. The molecule has 2 N–H and O–H groups in total. The average Bonchev–Trinajstić information content (AvgIpc) is 2.51. The summed E-state index contributed by atoms with van der Waals surface area (Å²) >= 11 is 6.22. The van der Waals surface area contributed by atoms with Crippen LogP contribution in [0.25, 0.3) is 0 Å². The lowest BCUT2D eigenvalue weighted by molar-refractivity contribution is 0.0956. The smallest absolute Gasteiger partial charge is 0.251 e. The van der Waals surface area contributed by atoms with Gasteiger partial charge >= 0.3 is 0 Å². The van der Waals surface area contributed by atoms with E-state index in [9.17, 15) is 13.2 Å². The predicted octanol–water partition coefficient (Wildman–Crippen LogP) is 3.43. The first-order valence-corrected chi connectivity index (χ1v) is 10.7. The fraction of sp³-hybridized carbons (Fsp3) is 0.421. The molecule has 26 heavy (non-hydrogen) atoms. The number of amides is 1. The lowest BCUT2D eigenvalue weighted by atomic mass is 9.87. The van der Waals surface area contributed by atoms with Crippen LogP contribution in [0.15, 0.2) is 46.6 Å². The molecule has 2 rings (SSSR count). The molecular weight excluding hydrogens is 372 g/mol. The van der Waals surface area contributed by atoms with Crippen LogP contribution in [0, 0.1) is 0 Å². The van der Waals surface area contributed by atoms with Crippen LogP contribution in [0.1, 0.15) is 49.5 Å². The number of rotatable bonds is 5. The first-order valence-electron chi connectivity index (χ1n) is 8.40. The van der Waals surface area contributed by atoms with E-state index in [0.717, 1.165) is 11.8 Å². The van der Waals surface area contributed by atoms with Crippen LogP contribution in [-0.4, -0.2) is 27.1 Å². The van der Waals surface area contributed by atoms with Crippen LogP contribution in [0.3, 0.4) is 0 Å². The standard InChI is InChI=1S/C19H25ClN2O3S/c1-19(2,3)15-8-5-13(6-9-15)18(23)21-12-14-7-10-16(11-17(14)20)22-26(4,24)25/h5-6,8-9,11,22H,7,10,12H2,1-4H3,(H,21,23). The van der Waals surface area contributed by atoms with E-state index < -0.39 is 10.0 Å². The van der Waals surface area contributed by atoms with Crippen molar-refractivity contribution in [3.05, 3.63) is 57.8 Å². The van der Waals surface area contributed by atoms with E-state index in [4.69, 9.17) is 11.6 Å². The summed E-state index contributed by atoms with van der Waals surface area (Å²) in [5, 5.41) is 3.33. The number of benzene rings is 1. The summed E-state index contributed by atoms with van der Waals surface area (Å²) in [5.41, 5.74) is 3.25. The molecule has 0 saturated heterocycles. The third-order valence-corrected chi connectivity index (χ3v) is 5.14. The number of hydrogen-bond donors (Lipinski definition) is 2. The van der Waals surface area contributed by atoms with E-state index in [0.29, 0.717) is 35.7 Å². The Balaban J connectivity index is 2.00. The molecule has 0 atom stereocenters. The number of allylic oxidation sites excluding steroid dienone is 3. The lowest BCUT2D eigenvalue weighted by Crippen LogP contribution is -2.28. The molecule has 0 unspecified atom stereocenters. The molecule has 0 radical (unpaired) electrons. The van der Waals surface area contributed by atoms with Crippen LogP contribution < -0.4 is 10.0 Å². The summed E-state index contributed by atoms with van der Waals surface area (Å²) in [7, 11) is -3.31. The van der Waals surface area contributed by atoms with Gasteiger partial charge in [0.25, 0.3) is 5.91 Å². The zero-order valence-corrected chi connectivity index (χ0v) is 17.1. The molecule has 1 amide bonds. The molecule has 1 aromatic carbocycles. The number of nitrogens with one attached hydrogen (secondary N) is 2. The topological polar surface area (TPSA) is 75.3 Å². The highest BCUT2D eigenvalue weighted by Gasteiger charge is 2.17. The first-order chi connectivity index (χ1) is 12.0. The summed E-state index contributed by atoms with van der Waals surface area (Å²) in [6.45, 7) is 6.71. The Morgan fingerprint density at radius 1 is 1.15 bits per heavy atom. The number of carbonyl (C=O) groups excluding carboxylic acids is 1. The molecule has 1 aromatic rings. The van der Waals surface area contributed by atoms with E-state index >= 15 is 0 Å². The van der Waals surface area contributed by atoms with Gasteiger partial charge in [-0.3, -0.25) is 9.52 Å². The van der Waals surface area contributed by atoms with Crippen LogP contribution >= 0.6 is 11.6 Å². The van der Waals surface area contributed by atoms with Gasteiger partial charge in [-0.2, -0.15) is 0 Å². The highest BCUT2D eigenvalue weighted by molar-refractivity contribution is 7.88. The molecule has 0 aliphatic heterocycles. The quantitative estimate of drug-likeness (QED) is 0.800. The van der Waals surface area contributed by atoms with Gasteiger partial charge in [-0.05, 0) is 47.6 Å². The van der Waals surface area contributed by atoms with Crippen LogP contribution in [0.4, 0.5) is 0 Å². The van der Waals surface area contributed by atoms with Crippen molar-refractivity contribution in [2.24, 2.45) is 0 Å². The van der Waals surface area contributed by atoms with Gasteiger partial charge in [0, 0.05) is 22.8 Å². The second kappa shape index (κ2) is 7.84. The van der Waals surface area contributed by atoms with Gasteiger partial charge in [0.2, 0.25) is 10.0 Å². The van der Waals surface area contributed by atoms with E-state index in [2.05, 4.69) is 30.8 Å². The number of hydrogen-bond acceptors (Lipinski definition) is 3. The van der Waals surface area contributed by atoms with Crippen molar-refractivity contribution in [2.75, 3.05) is 12.8 Å². The van der Waals surface area contributed by atoms with Gasteiger partial charge in [0.1, 0.15) is 0 Å². The molecule has 1 aliphatic carbocycles. The number of sulfonamides is 1. The van der Waals surface area contributed by atoms with E-state index in [-0.39, 0.29) is 11.3 Å². The second-order valence-electron chi connectivity index (χ2n) is 7.51. The molecule has 0 bridgehead atoms. The van der Waals surface area contributed by atoms with Gasteiger partial charge in [-0.25, -0.2) is 8.42 Å². The van der Waals surface area contributed by atoms with Crippen molar-refractivity contribution in [3.63, 3.8) is 0 Å². The van der Waals surface area contributed by atoms with Crippen molar-refractivity contribution < 1.29 is 13.2 Å². The Kier molecular flexibility index (Phi) is 6.19. The maximum atomic E-state index is 12.3. The number of carbonyl (C=O) groups is 1. The predicted molar refractivity (Wildman–Crippen MR) is 106 cm³/mol. The maximum absolute atomic E-state index is 12.3. The molecule has 5 nitrogen and oxygen atoms in total. The van der Waals surface area contributed by atoms with Gasteiger partial charge in [0.05, 0.1) is 6.26 Å². The second-order valence-corrected chi connectivity index (χ2v) is 9.66. The van der Waals surface area contributed by atoms with Gasteiger partial charge in [-0.1, -0.05) is 44.5 Å². The molecule has 0 heterocycles. The Morgan fingerprint density at radius 2 is 1.77 bits per heavy atom. The lowest BCUT2D eigenvalue weighted by Gasteiger charge is -2.19. The van der Waals surface area contributed by atoms with Crippen LogP contribution in [-0.2, 0) is 15.4 Å². The summed E-state index contributed by atoms with van der Waals surface area (Å²) in [4.78, 5) is 12.3. The minimum Gasteiger partial charge on any atom is -0.348 e. The van der Waals surface area contributed by atoms with Gasteiger partial charge in [-0.15, -0.1) is 0 Å². The Hall–Kier alpha value is -1.79. The van der Waals surface area contributed by atoms with E-state index in [1.807, 2.05) is 24.3 Å². The Morgan fingerprint density at radius 3 is 2.27 bits per heavy atom. The van der Waals surface area contributed by atoms with E-state index in [1.54, 1.807) is 6.08 Å². The third-order valence-electron chi connectivity index (χ3n) is 4.13. The molecular formula is C19H25ClN2O3S. The Labute approximate surface area is 160 Å². The summed E-state index contributed by atoms with van der Waals surface area (Å²) < 4.78 is 25.0. The first kappa shape index (κ1) is 20.5. The fourth-order valence-corrected chi connectivity index (χ4v) is 3.56. The minimum atomic E-state index is -3.31. The van der Waals surface area contributed by atoms with Crippen molar-refractivity contribution in [1.82, 2.24) is 10.0 Å². The molecule has 142 valence electrons. The summed E-state index contributed by atoms with van der Waals surface area (Å²) in [6.07, 6.45) is 3.84. The Bertz CT molecular complexity index is 848. The fourth-order valence-electron chi connectivity index (χ4n) is 2.63. The van der Waals surface area contributed by atoms with Gasteiger partial charge < -0.3 is 5.32 Å². The van der Waals surface area contributed by atoms with E-state index in [1.165, 1.54) is 5.56 Å². The molecule has 0 aromatic heterocycles. The molecule has 1 aliphatic rings. The number of halogens is 1. The van der Waals surface area contributed by atoms with Crippen molar-refractivity contribution in [1.29, 1.82) is 0 Å². The minimum absolute atomic E-state index is 0.0412. The van der Waals surface area contributed by atoms with Crippen LogP contribution in [0.5, 0.6) is 0 Å². The molecule has 7 heteroatoms. The van der Waals surface area contributed by atoms with Gasteiger partial charge in [0.15, 0.2) is 0 Å². The summed E-state index contributed by atoms with van der Waals surface area (Å²) in [5.74, 6) is -0.161. The maximum Gasteiger partial charge on any atom is 0.251 e. The van der Waals surface area contributed by atoms with Crippen LogP contribution in [0.2, 0.25) is 0 Å².